The Hall–Kier alpha value is -7.34. The Morgan fingerprint density at radius 2 is 0.965 bits per heavy atom. The number of rotatable bonds is 3. The molecule has 0 spiro atoms. The first-order valence-corrected chi connectivity index (χ1v) is 20.1. The lowest BCUT2D eigenvalue weighted by Crippen LogP contribution is -2.04. The number of nitrogens with zero attached hydrogens (tertiary/aromatic N) is 4. The van der Waals surface area contributed by atoms with Crippen molar-refractivity contribution in [2.24, 2.45) is 0 Å². The van der Waals surface area contributed by atoms with Crippen molar-refractivity contribution >= 4 is 108 Å². The quantitative estimate of drug-likeness (QED) is 0.181. The highest BCUT2D eigenvalue weighted by Crippen LogP contribution is 2.42. The molecule has 0 aliphatic heterocycles. The van der Waals surface area contributed by atoms with Crippen LogP contribution in [0.25, 0.3) is 119 Å². The molecular formula is C52H30N4S. The average molecular weight is 743 g/mol. The molecule has 57 heavy (non-hydrogen) atoms. The zero-order valence-electron chi connectivity index (χ0n) is 30.5. The second-order valence-corrected chi connectivity index (χ2v) is 16.0. The van der Waals surface area contributed by atoms with Crippen LogP contribution in [0.4, 0.5) is 0 Å². The van der Waals surface area contributed by atoms with Gasteiger partial charge in [-0.15, -0.1) is 11.3 Å². The van der Waals surface area contributed by atoms with Gasteiger partial charge in [-0.1, -0.05) is 133 Å². The highest BCUT2D eigenvalue weighted by atomic mass is 32.1. The molecule has 0 atom stereocenters. The molecule has 0 unspecified atom stereocenters. The van der Waals surface area contributed by atoms with E-state index in [-0.39, 0.29) is 0 Å². The van der Waals surface area contributed by atoms with Crippen molar-refractivity contribution in [3.63, 3.8) is 0 Å². The minimum absolute atomic E-state index is 0.654. The Balaban J connectivity index is 1.12. The summed E-state index contributed by atoms with van der Waals surface area (Å²) < 4.78 is 7.26. The minimum Gasteiger partial charge on any atom is -0.309 e. The Kier molecular flexibility index (Phi) is 6.29. The van der Waals surface area contributed by atoms with Crippen LogP contribution in [0, 0.1) is 0 Å². The van der Waals surface area contributed by atoms with Crippen molar-refractivity contribution in [2.75, 3.05) is 0 Å². The van der Waals surface area contributed by atoms with Gasteiger partial charge in [0.25, 0.3) is 0 Å². The first-order valence-electron chi connectivity index (χ1n) is 19.3. The molecule has 0 radical (unpaired) electrons. The highest BCUT2D eigenvalue weighted by Gasteiger charge is 2.21. The first kappa shape index (κ1) is 30.9. The van der Waals surface area contributed by atoms with E-state index >= 15 is 0 Å². The lowest BCUT2D eigenvalue weighted by atomic mass is 10.0. The van der Waals surface area contributed by atoms with E-state index in [4.69, 9.17) is 9.97 Å². The molecule has 0 amide bonds. The third kappa shape index (κ3) is 4.37. The number of fused-ring (bicyclic) bond motifs is 14. The average Bonchev–Trinajstić information content (AvgIpc) is 3.93. The van der Waals surface area contributed by atoms with E-state index in [1.165, 1.54) is 74.3 Å². The van der Waals surface area contributed by atoms with E-state index in [2.05, 4.69) is 191 Å². The summed E-state index contributed by atoms with van der Waals surface area (Å²) in [4.78, 5) is 10.9. The Morgan fingerprint density at radius 1 is 0.368 bits per heavy atom. The second kappa shape index (κ2) is 11.6. The van der Waals surface area contributed by atoms with Gasteiger partial charge >= 0.3 is 0 Å². The second-order valence-electron chi connectivity index (χ2n) is 14.9. The Labute approximate surface area is 330 Å². The molecule has 0 aliphatic rings. The highest BCUT2D eigenvalue weighted by molar-refractivity contribution is 7.25. The molecule has 9 aromatic carbocycles. The fourth-order valence-electron chi connectivity index (χ4n) is 9.41. The van der Waals surface area contributed by atoms with E-state index < -0.39 is 0 Å². The molecule has 0 fully saturated rings. The zero-order valence-corrected chi connectivity index (χ0v) is 31.3. The monoisotopic (exact) mass is 742 g/mol. The molecule has 13 rings (SSSR count). The smallest absolute Gasteiger partial charge is 0.235 e. The van der Waals surface area contributed by atoms with Crippen molar-refractivity contribution in [3.05, 3.63) is 182 Å². The summed E-state index contributed by atoms with van der Waals surface area (Å²) in [5.74, 6) is 0.654. The lowest BCUT2D eigenvalue weighted by molar-refractivity contribution is 1.01. The fraction of sp³-hybridized carbons (Fsp3) is 0. The molecule has 0 saturated carbocycles. The Morgan fingerprint density at radius 3 is 1.75 bits per heavy atom. The molecular weight excluding hydrogens is 713 g/mol. The van der Waals surface area contributed by atoms with Crippen LogP contribution in [0.2, 0.25) is 0 Å². The van der Waals surface area contributed by atoms with Crippen LogP contribution in [0.5, 0.6) is 0 Å². The van der Waals surface area contributed by atoms with Gasteiger partial charge in [0.05, 0.1) is 33.3 Å². The van der Waals surface area contributed by atoms with Gasteiger partial charge < -0.3 is 4.57 Å². The third-order valence-electron chi connectivity index (χ3n) is 11.9. The molecule has 4 aromatic heterocycles. The van der Waals surface area contributed by atoms with Crippen LogP contribution in [0.3, 0.4) is 0 Å². The maximum atomic E-state index is 5.53. The topological polar surface area (TPSA) is 35.6 Å². The lowest BCUT2D eigenvalue weighted by Gasteiger charge is -2.13. The summed E-state index contributed by atoms with van der Waals surface area (Å²) in [6, 6.07) is 65.9. The van der Waals surface area contributed by atoms with Crippen LogP contribution >= 0.6 is 11.3 Å². The van der Waals surface area contributed by atoms with Gasteiger partial charge in [0.15, 0.2) is 0 Å². The number of hydrogen-bond acceptors (Lipinski definition) is 3. The van der Waals surface area contributed by atoms with Gasteiger partial charge in [0.2, 0.25) is 5.95 Å². The molecule has 4 heterocycles. The number of aromatic nitrogens is 4. The van der Waals surface area contributed by atoms with Crippen molar-refractivity contribution in [3.8, 4) is 22.9 Å². The van der Waals surface area contributed by atoms with Gasteiger partial charge in [0.1, 0.15) is 0 Å². The summed E-state index contributed by atoms with van der Waals surface area (Å²) in [5.41, 5.74) is 8.51. The van der Waals surface area contributed by atoms with Crippen LogP contribution in [0.1, 0.15) is 0 Å². The van der Waals surface area contributed by atoms with Crippen LogP contribution < -0.4 is 0 Å². The van der Waals surface area contributed by atoms with E-state index in [0.717, 1.165) is 38.9 Å². The van der Waals surface area contributed by atoms with Crippen molar-refractivity contribution in [2.45, 2.75) is 0 Å². The number of hydrogen-bond donors (Lipinski definition) is 0. The summed E-state index contributed by atoms with van der Waals surface area (Å²) in [6.45, 7) is 0. The predicted molar refractivity (Wildman–Crippen MR) is 242 cm³/mol. The van der Waals surface area contributed by atoms with Gasteiger partial charge in [-0.2, -0.15) is 0 Å². The van der Waals surface area contributed by atoms with Crippen LogP contribution in [-0.2, 0) is 0 Å². The SMILES string of the molecule is c1ccc2c(c1)ccc1c2c2ccccc2n1-c1ccc2c3c4ccccc4ccc3n(-c3nc(-c4ccc5c(c4)sc4ccccc45)c4ccccc4n3)c2c1. The molecule has 0 N–H and O–H groups in total. The third-order valence-corrected chi connectivity index (χ3v) is 13.0. The van der Waals surface area contributed by atoms with E-state index in [1.54, 1.807) is 0 Å². The predicted octanol–water partition coefficient (Wildman–Crippen LogP) is 14.2. The molecule has 264 valence electrons. The maximum absolute atomic E-state index is 5.53. The fourth-order valence-corrected chi connectivity index (χ4v) is 10.6. The largest absolute Gasteiger partial charge is 0.309 e. The first-order chi connectivity index (χ1) is 28.3. The number of thiophene rings is 1. The van der Waals surface area contributed by atoms with E-state index in [9.17, 15) is 0 Å². The standard InChI is InChI=1S/C52H30N4S/c1-3-13-35-31(11-1)22-27-44-49(35)40-17-6-9-19-43(40)55(44)34-24-26-41-46(30-34)56(45-28-23-32-12-2-4-14-36(32)50(41)45)52-53-42-18-8-5-16-39(42)51(54-52)33-21-25-38-37-15-7-10-20-47(37)57-48(38)29-33/h1-30H. The molecule has 4 nitrogen and oxygen atoms in total. The molecule has 13 aromatic rings. The summed E-state index contributed by atoms with van der Waals surface area (Å²) in [6.07, 6.45) is 0. The number of benzene rings is 9. The molecule has 0 bridgehead atoms. The van der Waals surface area contributed by atoms with Crippen molar-refractivity contribution in [1.29, 1.82) is 0 Å². The van der Waals surface area contributed by atoms with Crippen LogP contribution in [-0.4, -0.2) is 19.1 Å². The zero-order chi connectivity index (χ0) is 37.2. The molecule has 0 aliphatic carbocycles. The maximum Gasteiger partial charge on any atom is 0.235 e. The van der Waals surface area contributed by atoms with Gasteiger partial charge in [0, 0.05) is 58.4 Å². The van der Waals surface area contributed by atoms with Gasteiger partial charge in [-0.25, -0.2) is 9.97 Å². The normalized spacial score (nSPS) is 12.2. The molecule has 0 saturated heterocycles. The summed E-state index contributed by atoms with van der Waals surface area (Å²) >= 11 is 1.83. The van der Waals surface area contributed by atoms with Crippen LogP contribution in [0.15, 0.2) is 182 Å². The van der Waals surface area contributed by atoms with Gasteiger partial charge in [-0.05, 0) is 70.1 Å². The summed E-state index contributed by atoms with van der Waals surface area (Å²) in [7, 11) is 0. The number of para-hydroxylation sites is 2. The molecule has 5 heteroatoms. The van der Waals surface area contributed by atoms with Crippen molar-refractivity contribution in [1.82, 2.24) is 19.1 Å². The van der Waals surface area contributed by atoms with Gasteiger partial charge in [-0.3, -0.25) is 4.57 Å². The van der Waals surface area contributed by atoms with E-state index in [0.29, 0.717) is 5.95 Å². The summed E-state index contributed by atoms with van der Waals surface area (Å²) in [5, 5.41) is 13.4. The van der Waals surface area contributed by atoms with Crippen molar-refractivity contribution < 1.29 is 0 Å². The Bertz CT molecular complexity index is 3830. The minimum atomic E-state index is 0.654. The van der Waals surface area contributed by atoms with E-state index in [1.807, 2.05) is 11.3 Å².